The Morgan fingerprint density at radius 2 is 1.85 bits per heavy atom. The number of benzene rings is 2. The molecule has 0 N–H and O–H groups in total. The van der Waals surface area contributed by atoms with Gasteiger partial charge in [-0.25, -0.2) is 4.39 Å². The number of nitrogens with zero attached hydrogens (tertiary/aromatic N) is 1. The highest BCUT2D eigenvalue weighted by Crippen LogP contribution is 2.23. The Hall–Kier alpha value is -2.00. The van der Waals surface area contributed by atoms with Gasteiger partial charge in [-0.15, -0.1) is 0 Å². The van der Waals surface area contributed by atoms with Crippen LogP contribution in [-0.4, -0.2) is 4.57 Å². The monoisotopic (exact) mass is 289 g/mol. The molecule has 20 heavy (non-hydrogen) atoms. The van der Waals surface area contributed by atoms with Crippen LogP contribution in [0.1, 0.15) is 5.69 Å². The van der Waals surface area contributed by atoms with Gasteiger partial charge in [-0.05, 0) is 48.5 Å². The van der Waals surface area contributed by atoms with E-state index in [2.05, 4.69) is 4.57 Å². The number of aryl methyl sites for hydroxylation is 1. The van der Waals surface area contributed by atoms with Crippen LogP contribution in [0.2, 0.25) is 5.02 Å². The largest absolute Gasteiger partial charge is 0.487 e. The fraction of sp³-hybridized carbons (Fsp3) is 0.125. The molecule has 0 aliphatic carbocycles. The molecule has 2 nitrogen and oxygen atoms in total. The first-order valence-corrected chi connectivity index (χ1v) is 6.63. The van der Waals surface area contributed by atoms with E-state index in [-0.39, 0.29) is 5.82 Å². The van der Waals surface area contributed by atoms with Gasteiger partial charge in [-0.2, -0.15) is 0 Å². The number of hydrogen-bond donors (Lipinski definition) is 0. The van der Waals surface area contributed by atoms with Crippen LogP contribution in [0.25, 0.3) is 10.9 Å². The molecular weight excluding hydrogens is 277 g/mol. The van der Waals surface area contributed by atoms with Gasteiger partial charge < -0.3 is 9.30 Å². The Labute approximate surface area is 121 Å². The molecular formula is C16H13ClFNO. The van der Waals surface area contributed by atoms with Crippen molar-refractivity contribution < 1.29 is 9.13 Å². The van der Waals surface area contributed by atoms with Crippen LogP contribution in [-0.2, 0) is 13.7 Å². The lowest BCUT2D eigenvalue weighted by Gasteiger charge is -2.07. The number of rotatable bonds is 3. The molecule has 102 valence electrons. The normalized spacial score (nSPS) is 10.9. The first-order chi connectivity index (χ1) is 9.63. The summed E-state index contributed by atoms with van der Waals surface area (Å²) in [5.74, 6) is 0.381. The van der Waals surface area contributed by atoms with E-state index >= 15 is 0 Å². The van der Waals surface area contributed by atoms with Crippen molar-refractivity contribution in [2.24, 2.45) is 7.05 Å². The predicted octanol–water partition coefficient (Wildman–Crippen LogP) is 4.55. The van der Waals surface area contributed by atoms with Gasteiger partial charge >= 0.3 is 0 Å². The molecule has 0 fully saturated rings. The molecule has 1 aromatic heterocycles. The Balaban J connectivity index is 1.84. The van der Waals surface area contributed by atoms with Gasteiger partial charge in [0.2, 0.25) is 0 Å². The zero-order valence-electron chi connectivity index (χ0n) is 10.9. The first-order valence-electron chi connectivity index (χ1n) is 6.26. The molecule has 1 heterocycles. The summed E-state index contributed by atoms with van der Waals surface area (Å²) < 4.78 is 20.6. The molecule has 0 saturated heterocycles. The fourth-order valence-electron chi connectivity index (χ4n) is 2.20. The van der Waals surface area contributed by atoms with Crippen molar-refractivity contribution in [1.82, 2.24) is 4.57 Å². The minimum atomic E-state index is -0.267. The zero-order chi connectivity index (χ0) is 14.1. The second kappa shape index (κ2) is 5.17. The lowest BCUT2D eigenvalue weighted by atomic mass is 10.2. The Kier molecular flexibility index (Phi) is 3.36. The van der Waals surface area contributed by atoms with E-state index in [1.165, 1.54) is 12.1 Å². The third kappa shape index (κ3) is 2.49. The molecule has 0 radical (unpaired) electrons. The number of hydrogen-bond acceptors (Lipinski definition) is 1. The molecule has 0 amide bonds. The van der Waals surface area contributed by atoms with E-state index in [1.807, 2.05) is 31.3 Å². The van der Waals surface area contributed by atoms with Gasteiger partial charge in [0.25, 0.3) is 0 Å². The summed E-state index contributed by atoms with van der Waals surface area (Å²) in [6.07, 6.45) is 0. The number of aromatic nitrogens is 1. The maximum atomic E-state index is 12.8. The molecule has 3 aromatic rings. The van der Waals surface area contributed by atoms with Gasteiger partial charge in [0, 0.05) is 23.0 Å². The molecule has 0 spiro atoms. The SMILES string of the molecule is Cn1c(COc2ccc(F)cc2)cc2cc(Cl)ccc21. The van der Waals surface area contributed by atoms with Crippen LogP contribution < -0.4 is 4.74 Å². The Morgan fingerprint density at radius 3 is 2.60 bits per heavy atom. The van der Waals surface area contributed by atoms with Crippen molar-refractivity contribution in [3.63, 3.8) is 0 Å². The first kappa shape index (κ1) is 13.0. The lowest BCUT2D eigenvalue weighted by Crippen LogP contribution is -2.01. The van der Waals surface area contributed by atoms with Crippen LogP contribution in [0.15, 0.2) is 48.5 Å². The molecule has 0 aliphatic rings. The van der Waals surface area contributed by atoms with E-state index in [0.717, 1.165) is 16.6 Å². The van der Waals surface area contributed by atoms with Crippen LogP contribution in [0.5, 0.6) is 5.75 Å². The van der Waals surface area contributed by atoms with E-state index in [1.54, 1.807) is 12.1 Å². The average Bonchev–Trinajstić information content (AvgIpc) is 2.74. The predicted molar refractivity (Wildman–Crippen MR) is 78.7 cm³/mol. The Bertz CT molecular complexity index is 749. The molecule has 3 rings (SSSR count). The average molecular weight is 290 g/mol. The van der Waals surface area contributed by atoms with Gasteiger partial charge in [-0.1, -0.05) is 11.6 Å². The maximum Gasteiger partial charge on any atom is 0.128 e. The summed E-state index contributed by atoms with van der Waals surface area (Å²) in [5, 5.41) is 1.80. The highest BCUT2D eigenvalue weighted by molar-refractivity contribution is 6.31. The van der Waals surface area contributed by atoms with E-state index in [9.17, 15) is 4.39 Å². The van der Waals surface area contributed by atoms with Gasteiger partial charge in [-0.3, -0.25) is 0 Å². The quantitative estimate of drug-likeness (QED) is 0.690. The van der Waals surface area contributed by atoms with Crippen molar-refractivity contribution in [1.29, 1.82) is 0 Å². The molecule has 0 saturated carbocycles. The zero-order valence-corrected chi connectivity index (χ0v) is 11.7. The summed E-state index contributed by atoms with van der Waals surface area (Å²) in [4.78, 5) is 0. The Morgan fingerprint density at radius 1 is 1.10 bits per heavy atom. The molecule has 4 heteroatoms. The second-order valence-electron chi connectivity index (χ2n) is 4.64. The van der Waals surface area contributed by atoms with E-state index in [0.29, 0.717) is 17.4 Å². The standard InChI is InChI=1S/C16H13ClFNO/c1-19-14(9-11-8-12(17)2-7-16(11)19)10-20-15-5-3-13(18)4-6-15/h2-9H,10H2,1H3. The minimum absolute atomic E-state index is 0.267. The van der Waals surface area contributed by atoms with Crippen LogP contribution in [0.3, 0.4) is 0 Å². The van der Waals surface area contributed by atoms with Gasteiger partial charge in [0.05, 0.1) is 5.69 Å². The van der Waals surface area contributed by atoms with Crippen molar-refractivity contribution >= 4 is 22.5 Å². The van der Waals surface area contributed by atoms with Crippen molar-refractivity contribution in [2.45, 2.75) is 6.61 Å². The smallest absolute Gasteiger partial charge is 0.128 e. The molecule has 0 unspecified atom stereocenters. The van der Waals surface area contributed by atoms with Crippen LogP contribution in [0.4, 0.5) is 4.39 Å². The maximum absolute atomic E-state index is 12.8. The van der Waals surface area contributed by atoms with E-state index < -0.39 is 0 Å². The van der Waals surface area contributed by atoms with Crippen molar-refractivity contribution in [2.75, 3.05) is 0 Å². The molecule has 2 aromatic carbocycles. The van der Waals surface area contributed by atoms with Gasteiger partial charge in [0.15, 0.2) is 0 Å². The number of ether oxygens (including phenoxy) is 1. The van der Waals surface area contributed by atoms with Crippen LogP contribution in [0, 0.1) is 5.82 Å². The minimum Gasteiger partial charge on any atom is -0.487 e. The summed E-state index contributed by atoms with van der Waals surface area (Å²) in [5.41, 5.74) is 2.14. The van der Waals surface area contributed by atoms with Crippen LogP contribution >= 0.6 is 11.6 Å². The van der Waals surface area contributed by atoms with E-state index in [4.69, 9.17) is 16.3 Å². The van der Waals surface area contributed by atoms with Crippen molar-refractivity contribution in [3.05, 3.63) is 65.1 Å². The van der Waals surface area contributed by atoms with Crippen molar-refractivity contribution in [3.8, 4) is 5.75 Å². The lowest BCUT2D eigenvalue weighted by molar-refractivity contribution is 0.297. The summed E-state index contributed by atoms with van der Waals surface area (Å²) in [7, 11) is 1.99. The summed E-state index contributed by atoms with van der Waals surface area (Å²) in [6, 6.07) is 13.8. The topological polar surface area (TPSA) is 14.2 Å². The number of fused-ring (bicyclic) bond motifs is 1. The highest BCUT2D eigenvalue weighted by Gasteiger charge is 2.07. The fourth-order valence-corrected chi connectivity index (χ4v) is 2.38. The number of halogens is 2. The highest BCUT2D eigenvalue weighted by atomic mass is 35.5. The third-order valence-electron chi connectivity index (χ3n) is 3.30. The molecule has 0 atom stereocenters. The van der Waals surface area contributed by atoms with Gasteiger partial charge in [0.1, 0.15) is 18.2 Å². The summed E-state index contributed by atoms with van der Waals surface area (Å²) in [6.45, 7) is 0.425. The second-order valence-corrected chi connectivity index (χ2v) is 5.08. The molecule has 0 aliphatic heterocycles. The molecule has 0 bridgehead atoms. The third-order valence-corrected chi connectivity index (χ3v) is 3.54. The summed E-state index contributed by atoms with van der Waals surface area (Å²) >= 11 is 5.99.